The summed E-state index contributed by atoms with van der Waals surface area (Å²) < 4.78 is 4.89. The molecular weight excluding hydrogens is 318 g/mol. The molecule has 0 radical (unpaired) electrons. The molecule has 1 heterocycles. The number of aromatic nitrogens is 2. The molecule has 25 heavy (non-hydrogen) atoms. The molecule has 132 valence electrons. The molecule has 0 aliphatic heterocycles. The van der Waals surface area contributed by atoms with Gasteiger partial charge in [-0.2, -0.15) is 0 Å². The molecule has 0 saturated carbocycles. The number of unbranched alkanes of at least 4 members (excludes halogenated alkanes) is 2. The van der Waals surface area contributed by atoms with E-state index in [1.165, 1.54) is 0 Å². The highest BCUT2D eigenvalue weighted by atomic mass is 16.6. The molecule has 2 aromatic rings. The lowest BCUT2D eigenvalue weighted by Crippen LogP contribution is -2.07. The van der Waals surface area contributed by atoms with E-state index in [-0.39, 0.29) is 5.97 Å². The van der Waals surface area contributed by atoms with Crippen LogP contribution in [0.4, 0.5) is 0 Å². The Morgan fingerprint density at radius 1 is 1.12 bits per heavy atom. The van der Waals surface area contributed by atoms with E-state index >= 15 is 0 Å². The minimum absolute atomic E-state index is 0.143. The average Bonchev–Trinajstić information content (AvgIpc) is 2.65. The van der Waals surface area contributed by atoms with Gasteiger partial charge in [0.2, 0.25) is 0 Å². The molecule has 0 N–H and O–H groups in total. The molecule has 1 aromatic heterocycles. The van der Waals surface area contributed by atoms with Crippen molar-refractivity contribution in [2.24, 2.45) is 5.16 Å². The number of oxime groups is 1. The monoisotopic (exact) mass is 341 g/mol. The third-order valence-electron chi connectivity index (χ3n) is 3.43. The van der Waals surface area contributed by atoms with Gasteiger partial charge in [0.25, 0.3) is 0 Å². The Kier molecular flexibility index (Phi) is 8.11. The van der Waals surface area contributed by atoms with Crippen LogP contribution in [0.1, 0.15) is 43.9 Å². The summed E-state index contributed by atoms with van der Waals surface area (Å²) in [7, 11) is 0. The van der Waals surface area contributed by atoms with Crippen LogP contribution in [0.3, 0.4) is 0 Å². The van der Waals surface area contributed by atoms with Crippen LogP contribution < -0.4 is 0 Å². The molecule has 0 amide bonds. The van der Waals surface area contributed by atoms with Gasteiger partial charge in [0.1, 0.15) is 18.0 Å². The summed E-state index contributed by atoms with van der Waals surface area (Å²) in [6.07, 6.45) is 7.87. The highest BCUT2D eigenvalue weighted by Crippen LogP contribution is 2.09. The number of nitrogens with zero attached hydrogens (tertiary/aromatic N) is 3. The Balaban J connectivity index is 1.84. The van der Waals surface area contributed by atoms with Crippen molar-refractivity contribution in [3.8, 4) is 0 Å². The zero-order valence-electron chi connectivity index (χ0n) is 14.4. The fourth-order valence-corrected chi connectivity index (χ4v) is 2.22. The van der Waals surface area contributed by atoms with Crippen LogP contribution in [0.25, 0.3) is 0 Å². The van der Waals surface area contributed by atoms with Gasteiger partial charge in [0.15, 0.2) is 0 Å². The normalized spacial score (nSPS) is 11.2. The van der Waals surface area contributed by atoms with Crippen molar-refractivity contribution in [2.75, 3.05) is 13.2 Å². The Labute approximate surface area is 147 Å². The van der Waals surface area contributed by atoms with Crippen molar-refractivity contribution in [3.05, 3.63) is 60.2 Å². The minimum atomic E-state index is -0.143. The third-order valence-corrected chi connectivity index (χ3v) is 3.43. The number of carbonyl (C=O) groups excluding carboxylic acids is 1. The van der Waals surface area contributed by atoms with Gasteiger partial charge in [0.05, 0.1) is 12.8 Å². The van der Waals surface area contributed by atoms with E-state index < -0.39 is 0 Å². The third kappa shape index (κ3) is 6.71. The number of carbonyl (C=O) groups is 1. The SMILES string of the molecule is CCOC(=O)CCCCCO/N=C(\c1ccccc1)c1cnccn1. The van der Waals surface area contributed by atoms with Crippen molar-refractivity contribution < 1.29 is 14.4 Å². The molecule has 0 bridgehead atoms. The van der Waals surface area contributed by atoms with Crippen molar-refractivity contribution in [3.63, 3.8) is 0 Å². The van der Waals surface area contributed by atoms with Gasteiger partial charge >= 0.3 is 5.97 Å². The largest absolute Gasteiger partial charge is 0.466 e. The minimum Gasteiger partial charge on any atom is -0.466 e. The fourth-order valence-electron chi connectivity index (χ4n) is 2.22. The van der Waals surface area contributed by atoms with Gasteiger partial charge in [-0.15, -0.1) is 0 Å². The van der Waals surface area contributed by atoms with E-state index in [0.29, 0.717) is 31.0 Å². The summed E-state index contributed by atoms with van der Waals surface area (Å²) in [5, 5.41) is 4.25. The quantitative estimate of drug-likeness (QED) is 0.287. The molecule has 0 aliphatic carbocycles. The van der Waals surface area contributed by atoms with Crippen LogP contribution in [0.2, 0.25) is 0 Å². The van der Waals surface area contributed by atoms with E-state index in [2.05, 4.69) is 15.1 Å². The lowest BCUT2D eigenvalue weighted by Gasteiger charge is -2.06. The molecule has 2 rings (SSSR count). The zero-order chi connectivity index (χ0) is 17.7. The van der Waals surface area contributed by atoms with Crippen LogP contribution in [-0.4, -0.2) is 34.9 Å². The highest BCUT2D eigenvalue weighted by Gasteiger charge is 2.09. The fraction of sp³-hybridized carbons (Fsp3) is 0.368. The second-order valence-corrected chi connectivity index (χ2v) is 5.35. The number of rotatable bonds is 10. The molecule has 0 spiro atoms. The maximum absolute atomic E-state index is 11.2. The van der Waals surface area contributed by atoms with Gasteiger partial charge in [-0.25, -0.2) is 0 Å². The van der Waals surface area contributed by atoms with Crippen LogP contribution in [0.15, 0.2) is 54.1 Å². The number of ether oxygens (including phenoxy) is 1. The Morgan fingerprint density at radius 2 is 1.96 bits per heavy atom. The summed E-state index contributed by atoms with van der Waals surface area (Å²) in [5.74, 6) is -0.143. The second-order valence-electron chi connectivity index (χ2n) is 5.35. The molecule has 6 nitrogen and oxygen atoms in total. The molecular formula is C19H23N3O3. The summed E-state index contributed by atoms with van der Waals surface area (Å²) in [4.78, 5) is 25.1. The van der Waals surface area contributed by atoms with E-state index in [1.54, 1.807) is 18.6 Å². The standard InChI is InChI=1S/C19H23N3O3/c1-2-24-18(23)11-7-4-8-14-25-22-19(16-9-5-3-6-10-16)17-15-20-12-13-21-17/h3,5-6,9-10,12-13,15H,2,4,7-8,11,14H2,1H3/b22-19+. The predicted molar refractivity (Wildman–Crippen MR) is 95.2 cm³/mol. The first kappa shape index (κ1) is 18.6. The predicted octanol–water partition coefficient (Wildman–Crippen LogP) is 3.37. The van der Waals surface area contributed by atoms with Crippen LogP contribution in [0, 0.1) is 0 Å². The smallest absolute Gasteiger partial charge is 0.305 e. The Morgan fingerprint density at radius 3 is 2.68 bits per heavy atom. The van der Waals surface area contributed by atoms with Crippen molar-refractivity contribution in [1.82, 2.24) is 9.97 Å². The van der Waals surface area contributed by atoms with Crippen molar-refractivity contribution in [2.45, 2.75) is 32.6 Å². The average molecular weight is 341 g/mol. The van der Waals surface area contributed by atoms with Crippen LogP contribution in [-0.2, 0) is 14.4 Å². The van der Waals surface area contributed by atoms with Gasteiger partial charge in [-0.05, 0) is 26.2 Å². The van der Waals surface area contributed by atoms with Gasteiger partial charge < -0.3 is 9.57 Å². The highest BCUT2D eigenvalue weighted by molar-refractivity contribution is 6.11. The van der Waals surface area contributed by atoms with E-state index in [0.717, 1.165) is 24.8 Å². The molecule has 0 atom stereocenters. The summed E-state index contributed by atoms with van der Waals surface area (Å²) in [6.45, 7) is 2.73. The number of benzene rings is 1. The van der Waals surface area contributed by atoms with Crippen LogP contribution >= 0.6 is 0 Å². The van der Waals surface area contributed by atoms with Crippen molar-refractivity contribution in [1.29, 1.82) is 0 Å². The molecule has 0 fully saturated rings. The molecule has 0 aliphatic rings. The molecule has 0 saturated heterocycles. The number of hydrogen-bond donors (Lipinski definition) is 0. The maximum Gasteiger partial charge on any atom is 0.305 e. The molecule has 1 aromatic carbocycles. The first-order valence-corrected chi connectivity index (χ1v) is 8.48. The maximum atomic E-state index is 11.2. The molecule has 6 heteroatoms. The number of esters is 1. The second kappa shape index (κ2) is 10.9. The van der Waals surface area contributed by atoms with Crippen molar-refractivity contribution >= 4 is 11.7 Å². The Hall–Kier alpha value is -2.76. The van der Waals surface area contributed by atoms with Crippen LogP contribution in [0.5, 0.6) is 0 Å². The first-order chi connectivity index (χ1) is 12.3. The van der Waals surface area contributed by atoms with Gasteiger partial charge in [-0.3, -0.25) is 14.8 Å². The topological polar surface area (TPSA) is 73.7 Å². The summed E-state index contributed by atoms with van der Waals surface area (Å²) in [5.41, 5.74) is 2.24. The first-order valence-electron chi connectivity index (χ1n) is 8.48. The lowest BCUT2D eigenvalue weighted by atomic mass is 10.1. The van der Waals surface area contributed by atoms with E-state index in [1.807, 2.05) is 37.3 Å². The molecule has 0 unspecified atom stereocenters. The zero-order valence-corrected chi connectivity index (χ0v) is 14.4. The van der Waals surface area contributed by atoms with Gasteiger partial charge in [-0.1, -0.05) is 35.5 Å². The Bertz CT molecular complexity index is 619. The van der Waals surface area contributed by atoms with E-state index in [9.17, 15) is 4.79 Å². The van der Waals surface area contributed by atoms with Gasteiger partial charge in [0, 0.05) is 24.4 Å². The lowest BCUT2D eigenvalue weighted by molar-refractivity contribution is -0.143. The summed E-state index contributed by atoms with van der Waals surface area (Å²) in [6, 6.07) is 9.74. The summed E-state index contributed by atoms with van der Waals surface area (Å²) >= 11 is 0. The van der Waals surface area contributed by atoms with E-state index in [4.69, 9.17) is 9.57 Å². The number of hydrogen-bond acceptors (Lipinski definition) is 6.